The summed E-state index contributed by atoms with van der Waals surface area (Å²) < 4.78 is 21.0. The van der Waals surface area contributed by atoms with Crippen molar-refractivity contribution in [1.29, 1.82) is 5.26 Å². The van der Waals surface area contributed by atoms with Crippen LogP contribution in [0.2, 0.25) is 5.02 Å². The van der Waals surface area contributed by atoms with Gasteiger partial charge in [-0.2, -0.15) is 10.2 Å². The monoisotopic (exact) mass is 546 g/mol. The first-order valence-corrected chi connectivity index (χ1v) is 12.9. The summed E-state index contributed by atoms with van der Waals surface area (Å²) in [4.78, 5) is 28.9. The fraction of sp³-hybridized carbons (Fsp3) is 0.310. The van der Waals surface area contributed by atoms with Gasteiger partial charge in [0.2, 0.25) is 11.8 Å². The zero-order chi connectivity index (χ0) is 28.0. The lowest BCUT2D eigenvalue weighted by Gasteiger charge is -2.39. The number of nitrogens with zero attached hydrogens (tertiary/aromatic N) is 6. The number of ether oxygens (including phenoxy) is 1. The molecule has 5 rings (SSSR count). The first-order valence-electron chi connectivity index (χ1n) is 12.5. The molecule has 0 N–H and O–H groups in total. The van der Waals surface area contributed by atoms with Crippen LogP contribution in [0, 0.1) is 17.1 Å². The van der Waals surface area contributed by atoms with Gasteiger partial charge in [-0.3, -0.25) is 4.79 Å². The average molecular weight is 547 g/mol. The number of methoxy groups -OCH3 is 1. The number of hydrogen-bond donors (Lipinski definition) is 0. The van der Waals surface area contributed by atoms with Gasteiger partial charge in [-0.1, -0.05) is 29.8 Å². The van der Waals surface area contributed by atoms with Crippen LogP contribution in [0.25, 0.3) is 0 Å². The number of halogens is 2. The Morgan fingerprint density at radius 1 is 1.18 bits per heavy atom. The van der Waals surface area contributed by atoms with Gasteiger partial charge in [0, 0.05) is 38.5 Å². The number of aromatic nitrogens is 2. The maximum atomic E-state index is 15.4. The Hall–Kier alpha value is -4.16. The summed E-state index contributed by atoms with van der Waals surface area (Å²) in [5.41, 5.74) is 3.56. The molecule has 200 valence electrons. The fourth-order valence-electron chi connectivity index (χ4n) is 5.40. The molecule has 10 heteroatoms. The lowest BCUT2D eigenvalue weighted by Crippen LogP contribution is -2.39. The largest absolute Gasteiger partial charge is 0.481 e. The van der Waals surface area contributed by atoms with E-state index in [0.29, 0.717) is 34.2 Å². The highest BCUT2D eigenvalue weighted by Gasteiger charge is 2.51. The number of nitriles is 1. The van der Waals surface area contributed by atoms with Crippen LogP contribution in [0.4, 0.5) is 16.0 Å². The molecule has 1 aromatic heterocycles. The SMILES string of the molecule is COc1nc(N(C)C)ncc1C1C(=O)C2=C(C(c3ccc(C#N)cc3)N(c3cccc(Cl)c3F)C2)N1C(C)C. The minimum atomic E-state index is -0.701. The zero-order valence-electron chi connectivity index (χ0n) is 22.3. The number of carbonyl (C=O) groups excluding carboxylic acids is 1. The minimum absolute atomic E-state index is 0.00548. The fourth-order valence-corrected chi connectivity index (χ4v) is 5.57. The normalized spacial score (nSPS) is 18.6. The van der Waals surface area contributed by atoms with Gasteiger partial charge in [0.15, 0.2) is 11.6 Å². The van der Waals surface area contributed by atoms with Crippen molar-refractivity contribution in [2.75, 3.05) is 37.5 Å². The Morgan fingerprint density at radius 3 is 2.51 bits per heavy atom. The van der Waals surface area contributed by atoms with E-state index in [2.05, 4.69) is 20.9 Å². The molecular weight excluding hydrogens is 519 g/mol. The highest BCUT2D eigenvalue weighted by atomic mass is 35.5. The molecule has 0 saturated heterocycles. The molecule has 2 aromatic carbocycles. The van der Waals surface area contributed by atoms with Gasteiger partial charge in [0.25, 0.3) is 0 Å². The molecule has 3 aromatic rings. The average Bonchev–Trinajstić information content (AvgIpc) is 3.44. The van der Waals surface area contributed by atoms with Crippen molar-refractivity contribution in [1.82, 2.24) is 14.9 Å². The molecule has 0 aliphatic carbocycles. The van der Waals surface area contributed by atoms with Crippen LogP contribution in [0.3, 0.4) is 0 Å². The van der Waals surface area contributed by atoms with Crippen molar-refractivity contribution >= 4 is 29.0 Å². The minimum Gasteiger partial charge on any atom is -0.481 e. The van der Waals surface area contributed by atoms with Gasteiger partial charge < -0.3 is 19.4 Å². The molecule has 2 aliphatic rings. The van der Waals surface area contributed by atoms with Crippen LogP contribution in [-0.4, -0.2) is 54.4 Å². The molecule has 8 nitrogen and oxygen atoms in total. The molecular formula is C29H28ClFN6O2. The second-order valence-electron chi connectivity index (χ2n) is 10.00. The maximum absolute atomic E-state index is 15.4. The molecule has 3 heterocycles. The molecule has 0 fully saturated rings. The molecule has 0 amide bonds. The lowest BCUT2D eigenvalue weighted by molar-refractivity contribution is -0.119. The van der Waals surface area contributed by atoms with Crippen LogP contribution >= 0.6 is 11.6 Å². The van der Waals surface area contributed by atoms with E-state index in [1.54, 1.807) is 35.4 Å². The van der Waals surface area contributed by atoms with Crippen molar-refractivity contribution in [3.8, 4) is 11.9 Å². The summed E-state index contributed by atoms with van der Waals surface area (Å²) in [6, 6.07) is 12.9. The van der Waals surface area contributed by atoms with Crippen molar-refractivity contribution in [3.05, 3.63) is 87.5 Å². The lowest BCUT2D eigenvalue weighted by atomic mass is 9.99. The predicted octanol–water partition coefficient (Wildman–Crippen LogP) is 5.07. The van der Waals surface area contributed by atoms with Crippen LogP contribution in [0.5, 0.6) is 5.88 Å². The summed E-state index contributed by atoms with van der Waals surface area (Å²) in [5.74, 6) is 0.137. The number of carbonyl (C=O) groups is 1. The van der Waals surface area contributed by atoms with E-state index < -0.39 is 17.9 Å². The summed E-state index contributed by atoms with van der Waals surface area (Å²) in [7, 11) is 5.18. The number of benzene rings is 2. The van der Waals surface area contributed by atoms with Gasteiger partial charge >= 0.3 is 0 Å². The van der Waals surface area contributed by atoms with Crippen LogP contribution in [0.15, 0.2) is 59.9 Å². The number of Topliss-reactive ketones (excluding diaryl/α,β-unsaturated/α-hetero) is 1. The molecule has 0 bridgehead atoms. The topological polar surface area (TPSA) is 85.6 Å². The number of rotatable bonds is 6. The highest BCUT2D eigenvalue weighted by molar-refractivity contribution is 6.31. The van der Waals surface area contributed by atoms with E-state index in [-0.39, 0.29) is 23.4 Å². The summed E-state index contributed by atoms with van der Waals surface area (Å²) in [6.45, 7) is 4.21. The Balaban J connectivity index is 1.67. The third kappa shape index (κ3) is 4.35. The van der Waals surface area contributed by atoms with E-state index >= 15 is 4.39 Å². The third-order valence-corrected chi connectivity index (χ3v) is 7.41. The van der Waals surface area contributed by atoms with Crippen molar-refractivity contribution in [3.63, 3.8) is 0 Å². The summed E-state index contributed by atoms with van der Waals surface area (Å²) >= 11 is 6.17. The Morgan fingerprint density at radius 2 is 1.90 bits per heavy atom. The molecule has 0 radical (unpaired) electrons. The Bertz CT molecular complexity index is 1520. The number of ketones is 1. The quantitative estimate of drug-likeness (QED) is 0.424. The second-order valence-corrected chi connectivity index (χ2v) is 10.4. The van der Waals surface area contributed by atoms with Gasteiger partial charge in [-0.05, 0) is 43.7 Å². The first-order chi connectivity index (χ1) is 18.7. The molecule has 2 atom stereocenters. The second kappa shape index (κ2) is 10.2. The van der Waals surface area contributed by atoms with Crippen LogP contribution in [0.1, 0.15) is 42.6 Å². The number of hydrogen-bond acceptors (Lipinski definition) is 8. The molecule has 39 heavy (non-hydrogen) atoms. The van der Waals surface area contributed by atoms with Gasteiger partial charge in [0.05, 0.1) is 46.8 Å². The molecule has 0 spiro atoms. The highest BCUT2D eigenvalue weighted by Crippen LogP contribution is 2.52. The van der Waals surface area contributed by atoms with Crippen molar-refractivity contribution < 1.29 is 13.9 Å². The smallest absolute Gasteiger partial charge is 0.228 e. The molecule has 2 unspecified atom stereocenters. The van der Waals surface area contributed by atoms with Gasteiger partial charge in [0.1, 0.15) is 6.04 Å². The standard InChI is InChI=1S/C29H28ClFN6O2/c1-16(2)37-25-20(27(38)26(37)19-14-33-29(35(3)4)34-28(19)39-5)15-36(22-8-6-7-21(30)23(22)31)24(25)18-11-9-17(13-32)10-12-18/h6-12,14,16,24,26H,15H2,1-5H3. The van der Waals surface area contributed by atoms with E-state index in [9.17, 15) is 10.1 Å². The van der Waals surface area contributed by atoms with E-state index in [4.69, 9.17) is 16.3 Å². The summed E-state index contributed by atoms with van der Waals surface area (Å²) in [6.07, 6.45) is 1.65. The van der Waals surface area contributed by atoms with E-state index in [1.165, 1.54) is 13.2 Å². The van der Waals surface area contributed by atoms with Crippen molar-refractivity contribution in [2.45, 2.75) is 32.0 Å². The van der Waals surface area contributed by atoms with Crippen LogP contribution < -0.4 is 14.5 Å². The van der Waals surface area contributed by atoms with Gasteiger partial charge in [-0.15, -0.1) is 0 Å². The Labute approximate surface area is 231 Å². The van der Waals surface area contributed by atoms with E-state index in [1.807, 2.05) is 45.0 Å². The maximum Gasteiger partial charge on any atom is 0.228 e. The van der Waals surface area contributed by atoms with E-state index in [0.717, 1.165) is 11.3 Å². The van der Waals surface area contributed by atoms with Crippen LogP contribution in [-0.2, 0) is 4.79 Å². The Kier molecular flexibility index (Phi) is 6.91. The summed E-state index contributed by atoms with van der Waals surface area (Å²) in [5, 5.41) is 9.35. The predicted molar refractivity (Wildman–Crippen MR) is 147 cm³/mol. The first kappa shape index (κ1) is 26.4. The number of anilines is 2. The molecule has 2 aliphatic heterocycles. The molecule has 0 saturated carbocycles. The van der Waals surface area contributed by atoms with Gasteiger partial charge in [-0.25, -0.2) is 9.37 Å². The third-order valence-electron chi connectivity index (χ3n) is 7.12. The zero-order valence-corrected chi connectivity index (χ0v) is 23.1. The van der Waals surface area contributed by atoms with Crippen molar-refractivity contribution in [2.24, 2.45) is 0 Å².